The highest BCUT2D eigenvalue weighted by atomic mass is 32.2. The van der Waals surface area contributed by atoms with Crippen molar-refractivity contribution < 1.29 is 17.9 Å². The van der Waals surface area contributed by atoms with Crippen LogP contribution in [0.4, 0.5) is 0 Å². The molecule has 1 aliphatic carbocycles. The summed E-state index contributed by atoms with van der Waals surface area (Å²) in [6.07, 6.45) is 7.30. The van der Waals surface area contributed by atoms with E-state index in [1.807, 2.05) is 13.8 Å². The molecule has 1 aliphatic rings. The smallest absolute Gasteiger partial charge is 0.241 e. The van der Waals surface area contributed by atoms with Gasteiger partial charge in [-0.3, -0.25) is 4.79 Å². The SMILES string of the molecule is COc1ccc(S(=O)(=O)N[C@H](C(=O)NCC2CC=CCC2)C(C)C)cc1. The van der Waals surface area contributed by atoms with Gasteiger partial charge < -0.3 is 10.1 Å². The number of rotatable bonds is 8. The van der Waals surface area contributed by atoms with E-state index in [0.29, 0.717) is 18.2 Å². The van der Waals surface area contributed by atoms with Crippen LogP contribution in [0.25, 0.3) is 0 Å². The lowest BCUT2D eigenvalue weighted by molar-refractivity contribution is -0.123. The number of nitrogens with one attached hydrogen (secondary N) is 2. The molecule has 2 rings (SSSR count). The van der Waals surface area contributed by atoms with Gasteiger partial charge in [0.25, 0.3) is 0 Å². The van der Waals surface area contributed by atoms with Crippen molar-refractivity contribution in [3.63, 3.8) is 0 Å². The Morgan fingerprint density at radius 2 is 1.92 bits per heavy atom. The number of allylic oxidation sites excluding steroid dienone is 2. The Morgan fingerprint density at radius 3 is 2.46 bits per heavy atom. The topological polar surface area (TPSA) is 84.5 Å². The Morgan fingerprint density at radius 1 is 1.23 bits per heavy atom. The Hall–Kier alpha value is -1.86. The zero-order valence-corrected chi connectivity index (χ0v) is 16.4. The Kier molecular flexibility index (Phi) is 7.23. The fraction of sp³-hybridized carbons (Fsp3) is 0.526. The van der Waals surface area contributed by atoms with Crippen LogP contribution in [0.5, 0.6) is 5.75 Å². The molecule has 0 saturated carbocycles. The first-order chi connectivity index (χ1) is 12.3. The molecule has 0 radical (unpaired) electrons. The lowest BCUT2D eigenvalue weighted by atomic mass is 9.94. The maximum absolute atomic E-state index is 12.6. The molecule has 0 bridgehead atoms. The number of benzene rings is 1. The molecular formula is C19H28N2O4S. The Bertz CT molecular complexity index is 726. The third-order valence-electron chi connectivity index (χ3n) is 4.54. The zero-order valence-electron chi connectivity index (χ0n) is 15.6. The molecule has 26 heavy (non-hydrogen) atoms. The van der Waals surface area contributed by atoms with E-state index in [-0.39, 0.29) is 16.7 Å². The molecule has 1 amide bonds. The van der Waals surface area contributed by atoms with Gasteiger partial charge in [0.15, 0.2) is 0 Å². The largest absolute Gasteiger partial charge is 0.497 e. The van der Waals surface area contributed by atoms with Gasteiger partial charge in [-0.25, -0.2) is 8.42 Å². The first kappa shape index (κ1) is 20.5. The number of methoxy groups -OCH3 is 1. The third kappa shape index (κ3) is 5.57. The predicted molar refractivity (Wildman–Crippen MR) is 101 cm³/mol. The van der Waals surface area contributed by atoms with Crippen LogP contribution in [0.1, 0.15) is 33.1 Å². The summed E-state index contributed by atoms with van der Waals surface area (Å²) in [4.78, 5) is 12.7. The number of carbonyl (C=O) groups is 1. The quantitative estimate of drug-likeness (QED) is 0.679. The lowest BCUT2D eigenvalue weighted by Gasteiger charge is -2.24. The molecule has 0 heterocycles. The molecule has 2 atom stereocenters. The third-order valence-corrected chi connectivity index (χ3v) is 6.00. The van der Waals surface area contributed by atoms with E-state index in [1.54, 1.807) is 12.1 Å². The van der Waals surface area contributed by atoms with Crippen LogP contribution in [-0.2, 0) is 14.8 Å². The Balaban J connectivity index is 2.03. The summed E-state index contributed by atoms with van der Waals surface area (Å²) in [5, 5.41) is 2.91. The van der Waals surface area contributed by atoms with Gasteiger partial charge >= 0.3 is 0 Å². The van der Waals surface area contributed by atoms with Crippen molar-refractivity contribution in [3.05, 3.63) is 36.4 Å². The monoisotopic (exact) mass is 380 g/mol. The molecule has 7 heteroatoms. The van der Waals surface area contributed by atoms with E-state index in [1.165, 1.54) is 19.2 Å². The second kappa shape index (κ2) is 9.19. The summed E-state index contributed by atoms with van der Waals surface area (Å²) in [5.41, 5.74) is 0. The van der Waals surface area contributed by atoms with Gasteiger partial charge in [-0.05, 0) is 55.4 Å². The summed E-state index contributed by atoms with van der Waals surface area (Å²) in [6, 6.07) is 5.27. The van der Waals surface area contributed by atoms with Crippen molar-refractivity contribution >= 4 is 15.9 Å². The minimum absolute atomic E-state index is 0.106. The second-order valence-corrected chi connectivity index (χ2v) is 8.63. The predicted octanol–water partition coefficient (Wildman–Crippen LogP) is 2.47. The fourth-order valence-electron chi connectivity index (χ4n) is 2.88. The van der Waals surface area contributed by atoms with Crippen LogP contribution in [0.3, 0.4) is 0 Å². The van der Waals surface area contributed by atoms with Crippen molar-refractivity contribution in [1.82, 2.24) is 10.0 Å². The highest BCUT2D eigenvalue weighted by Gasteiger charge is 2.28. The van der Waals surface area contributed by atoms with Crippen LogP contribution in [0.15, 0.2) is 41.3 Å². The minimum Gasteiger partial charge on any atom is -0.497 e. The number of amides is 1. The first-order valence-electron chi connectivity index (χ1n) is 8.92. The lowest BCUT2D eigenvalue weighted by Crippen LogP contribution is -2.50. The summed E-state index contributed by atoms with van der Waals surface area (Å²) in [7, 11) is -2.28. The summed E-state index contributed by atoms with van der Waals surface area (Å²) in [6.45, 7) is 4.21. The van der Waals surface area contributed by atoms with Gasteiger partial charge in [-0.1, -0.05) is 26.0 Å². The summed E-state index contributed by atoms with van der Waals surface area (Å²) < 4.78 is 32.8. The van der Waals surface area contributed by atoms with Crippen LogP contribution in [0.2, 0.25) is 0 Å². The molecular weight excluding hydrogens is 352 g/mol. The summed E-state index contributed by atoms with van der Waals surface area (Å²) >= 11 is 0. The first-order valence-corrected chi connectivity index (χ1v) is 10.4. The number of sulfonamides is 1. The Labute approximate surface area is 156 Å². The van der Waals surface area contributed by atoms with E-state index in [4.69, 9.17) is 4.74 Å². The summed E-state index contributed by atoms with van der Waals surface area (Å²) in [5.74, 6) is 0.527. The van der Waals surface area contributed by atoms with Crippen molar-refractivity contribution in [2.75, 3.05) is 13.7 Å². The van der Waals surface area contributed by atoms with Gasteiger partial charge in [0.05, 0.1) is 12.0 Å². The van der Waals surface area contributed by atoms with Crippen molar-refractivity contribution in [2.24, 2.45) is 11.8 Å². The van der Waals surface area contributed by atoms with Gasteiger partial charge in [-0.2, -0.15) is 4.72 Å². The highest BCUT2D eigenvalue weighted by Crippen LogP contribution is 2.18. The van der Waals surface area contributed by atoms with E-state index in [0.717, 1.165) is 19.3 Å². The molecule has 0 fully saturated rings. The molecule has 2 N–H and O–H groups in total. The second-order valence-electron chi connectivity index (χ2n) is 6.91. The zero-order chi connectivity index (χ0) is 19.2. The van der Waals surface area contributed by atoms with Gasteiger partial charge in [0.1, 0.15) is 11.8 Å². The van der Waals surface area contributed by atoms with Crippen LogP contribution in [0, 0.1) is 11.8 Å². The van der Waals surface area contributed by atoms with E-state index >= 15 is 0 Å². The van der Waals surface area contributed by atoms with Gasteiger partial charge in [0.2, 0.25) is 15.9 Å². The maximum Gasteiger partial charge on any atom is 0.241 e. The van der Waals surface area contributed by atoms with Crippen molar-refractivity contribution in [2.45, 2.75) is 44.0 Å². The van der Waals surface area contributed by atoms with Crippen LogP contribution in [-0.4, -0.2) is 34.0 Å². The van der Waals surface area contributed by atoms with Gasteiger partial charge in [0, 0.05) is 6.54 Å². The van der Waals surface area contributed by atoms with E-state index < -0.39 is 16.1 Å². The normalized spacial score (nSPS) is 18.5. The van der Waals surface area contributed by atoms with Gasteiger partial charge in [-0.15, -0.1) is 0 Å². The molecule has 0 aliphatic heterocycles. The molecule has 0 saturated heterocycles. The average molecular weight is 381 g/mol. The van der Waals surface area contributed by atoms with Crippen molar-refractivity contribution in [1.29, 1.82) is 0 Å². The van der Waals surface area contributed by atoms with E-state index in [2.05, 4.69) is 22.2 Å². The number of ether oxygens (including phenoxy) is 1. The molecule has 1 unspecified atom stereocenters. The molecule has 1 aromatic rings. The minimum atomic E-state index is -3.80. The molecule has 1 aromatic carbocycles. The molecule has 0 aromatic heterocycles. The standard InChI is InChI=1S/C19H28N2O4S/c1-14(2)18(19(22)20-13-15-7-5-4-6-8-15)21-26(23,24)17-11-9-16(25-3)10-12-17/h4-5,9-12,14-15,18,21H,6-8,13H2,1-3H3,(H,20,22)/t15?,18-/m0/s1. The number of hydrogen-bond acceptors (Lipinski definition) is 4. The highest BCUT2D eigenvalue weighted by molar-refractivity contribution is 7.89. The van der Waals surface area contributed by atoms with Crippen LogP contribution >= 0.6 is 0 Å². The molecule has 144 valence electrons. The van der Waals surface area contributed by atoms with Crippen LogP contribution < -0.4 is 14.8 Å². The average Bonchev–Trinajstić information content (AvgIpc) is 2.65. The molecule has 6 nitrogen and oxygen atoms in total. The molecule has 0 spiro atoms. The van der Waals surface area contributed by atoms with Crippen molar-refractivity contribution in [3.8, 4) is 5.75 Å². The van der Waals surface area contributed by atoms with E-state index in [9.17, 15) is 13.2 Å². The maximum atomic E-state index is 12.6. The number of carbonyl (C=O) groups excluding carboxylic acids is 1. The number of hydrogen-bond donors (Lipinski definition) is 2. The fourth-order valence-corrected chi connectivity index (χ4v) is 4.22.